The van der Waals surface area contributed by atoms with Crippen LogP contribution in [0.2, 0.25) is 0 Å². The summed E-state index contributed by atoms with van der Waals surface area (Å²) in [5, 5.41) is 2.06. The van der Waals surface area contributed by atoms with E-state index >= 15 is 0 Å². The smallest absolute Gasteiger partial charge is 0.331 e. The number of aryl methyl sites for hydroxylation is 2. The second-order valence-corrected chi connectivity index (χ2v) is 9.50. The normalized spacial score (nSPS) is 12.1. The van der Waals surface area contributed by atoms with E-state index in [2.05, 4.69) is 10.3 Å². The number of benzene rings is 2. The molecule has 0 radical (unpaired) electrons. The largest absolute Gasteiger partial charge is 0.417 e. The lowest BCUT2D eigenvalue weighted by atomic mass is 9.98. The molecule has 5 rings (SSSR count). The summed E-state index contributed by atoms with van der Waals surface area (Å²) < 4.78 is 75.0. The average molecular weight is 587 g/mol. The van der Waals surface area contributed by atoms with Crippen molar-refractivity contribution in [3.05, 3.63) is 101 Å². The van der Waals surface area contributed by atoms with Gasteiger partial charge < -0.3 is 14.3 Å². The molecule has 41 heavy (non-hydrogen) atoms. The van der Waals surface area contributed by atoms with E-state index in [0.717, 1.165) is 24.3 Å². The molecule has 3 heterocycles. The number of allylic oxidation sites excluding steroid dienone is 1. The van der Waals surface area contributed by atoms with Gasteiger partial charge in [0.1, 0.15) is 23.1 Å². The summed E-state index contributed by atoms with van der Waals surface area (Å²) in [6.45, 7) is 1.68. The highest BCUT2D eigenvalue weighted by atomic mass is 35.5. The van der Waals surface area contributed by atoms with Gasteiger partial charge in [-0.1, -0.05) is 12.1 Å². The van der Waals surface area contributed by atoms with Gasteiger partial charge in [0.2, 0.25) is 11.7 Å². The molecule has 0 saturated heterocycles. The molecular formula is C29H20ClF5N4O2. The highest BCUT2D eigenvalue weighted by Crippen LogP contribution is 2.41. The summed E-state index contributed by atoms with van der Waals surface area (Å²) in [4.78, 5) is 29.5. The number of nitrogens with zero attached hydrogens (tertiary/aromatic N) is 3. The number of pyridine rings is 1. The number of amides is 1. The van der Waals surface area contributed by atoms with Crippen molar-refractivity contribution in [1.29, 1.82) is 0 Å². The van der Waals surface area contributed by atoms with Crippen LogP contribution in [0.1, 0.15) is 27.4 Å². The molecule has 0 spiro atoms. The fraction of sp³-hybridized carbons (Fsp3) is 0.138. The van der Waals surface area contributed by atoms with Crippen molar-refractivity contribution in [1.82, 2.24) is 14.0 Å². The van der Waals surface area contributed by atoms with E-state index < -0.39 is 40.8 Å². The summed E-state index contributed by atoms with van der Waals surface area (Å²) in [6, 6.07) is 9.73. The number of halogens is 6. The van der Waals surface area contributed by atoms with Gasteiger partial charge in [-0.2, -0.15) is 13.2 Å². The van der Waals surface area contributed by atoms with Gasteiger partial charge in [-0.25, -0.2) is 13.8 Å². The summed E-state index contributed by atoms with van der Waals surface area (Å²) in [7, 11) is 1.63. The predicted octanol–water partition coefficient (Wildman–Crippen LogP) is 7.06. The molecule has 2 aromatic carbocycles. The van der Waals surface area contributed by atoms with Gasteiger partial charge in [0.05, 0.1) is 27.8 Å². The summed E-state index contributed by atoms with van der Waals surface area (Å²) in [5.74, 6) is -3.41. The number of anilines is 1. The minimum atomic E-state index is -4.69. The van der Waals surface area contributed by atoms with Gasteiger partial charge in [0.15, 0.2) is 0 Å². The van der Waals surface area contributed by atoms with E-state index in [9.17, 15) is 31.5 Å². The number of hydrogen-bond acceptors (Lipinski definition) is 3. The maximum atomic E-state index is 14.7. The fourth-order valence-electron chi connectivity index (χ4n) is 4.66. The van der Waals surface area contributed by atoms with E-state index in [1.54, 1.807) is 18.5 Å². The number of ketones is 1. The Bertz CT molecular complexity index is 1870. The van der Waals surface area contributed by atoms with Crippen LogP contribution in [0.5, 0.6) is 0 Å². The van der Waals surface area contributed by atoms with Crippen LogP contribution in [-0.4, -0.2) is 31.5 Å². The standard InChI is InChI=1S/C29H20ClF5N4O2/c1-15-36-22-13-18(19(29(33,34)35)14-25(22)38(15)2)17-5-4-10-39-23(17)7-8-24(39)28(41)16-11-20(31)27(21(32)12-16)37-26(40)6-3-9-30/h3-8,10-14H,9H2,1-2H3,(H,37,40)/b6-3+. The molecule has 0 bridgehead atoms. The third kappa shape index (κ3) is 5.08. The van der Waals surface area contributed by atoms with Gasteiger partial charge >= 0.3 is 6.18 Å². The maximum absolute atomic E-state index is 14.7. The topological polar surface area (TPSA) is 68.4 Å². The lowest BCUT2D eigenvalue weighted by Crippen LogP contribution is -2.13. The van der Waals surface area contributed by atoms with Crippen LogP contribution >= 0.6 is 11.6 Å². The fourth-order valence-corrected chi connectivity index (χ4v) is 4.75. The van der Waals surface area contributed by atoms with Crippen molar-refractivity contribution < 1.29 is 31.5 Å². The van der Waals surface area contributed by atoms with E-state index in [0.29, 0.717) is 16.9 Å². The monoisotopic (exact) mass is 586 g/mol. The van der Waals surface area contributed by atoms with Gasteiger partial charge in [0, 0.05) is 36.3 Å². The van der Waals surface area contributed by atoms with Crippen molar-refractivity contribution in [3.63, 3.8) is 0 Å². The SMILES string of the molecule is Cc1nc2cc(-c3cccn4c(C(=O)c5cc(F)c(NC(=O)/C=C/CCl)c(F)c5)ccc34)c(C(F)(F)F)cc2n1C. The molecule has 0 unspecified atom stereocenters. The first-order valence-electron chi connectivity index (χ1n) is 12.1. The van der Waals surface area contributed by atoms with Crippen molar-refractivity contribution in [2.24, 2.45) is 7.05 Å². The Morgan fingerprint density at radius 1 is 1.02 bits per heavy atom. The molecule has 5 aromatic rings. The first-order chi connectivity index (χ1) is 19.4. The number of hydrogen-bond donors (Lipinski definition) is 1. The lowest BCUT2D eigenvalue weighted by Gasteiger charge is -2.15. The number of alkyl halides is 4. The van der Waals surface area contributed by atoms with Gasteiger partial charge in [0.25, 0.3) is 0 Å². The minimum absolute atomic E-state index is 0.0216. The molecule has 1 amide bonds. The van der Waals surface area contributed by atoms with Crippen molar-refractivity contribution in [3.8, 4) is 11.1 Å². The second-order valence-electron chi connectivity index (χ2n) is 9.19. The molecule has 0 fully saturated rings. The molecule has 1 N–H and O–H groups in total. The number of aromatic nitrogens is 3. The number of fused-ring (bicyclic) bond motifs is 2. The van der Waals surface area contributed by atoms with E-state index in [4.69, 9.17) is 11.6 Å². The average Bonchev–Trinajstić information content (AvgIpc) is 3.48. The lowest BCUT2D eigenvalue weighted by molar-refractivity contribution is -0.137. The Morgan fingerprint density at radius 3 is 2.39 bits per heavy atom. The second kappa shape index (κ2) is 10.5. The van der Waals surface area contributed by atoms with Crippen LogP contribution in [0.4, 0.5) is 27.6 Å². The quantitative estimate of drug-likeness (QED) is 0.100. The molecule has 0 aliphatic heterocycles. The zero-order valence-corrected chi connectivity index (χ0v) is 22.2. The van der Waals surface area contributed by atoms with E-state index in [1.165, 1.54) is 47.0 Å². The van der Waals surface area contributed by atoms with Crippen LogP contribution in [0.15, 0.2) is 66.9 Å². The molecular weight excluding hydrogens is 567 g/mol. The van der Waals surface area contributed by atoms with Crippen LogP contribution in [0, 0.1) is 18.6 Å². The predicted molar refractivity (Wildman–Crippen MR) is 145 cm³/mol. The molecule has 0 atom stereocenters. The number of rotatable bonds is 6. The Hall–Kier alpha value is -4.51. The van der Waals surface area contributed by atoms with Crippen LogP contribution in [-0.2, 0) is 18.0 Å². The summed E-state index contributed by atoms with van der Waals surface area (Å²) >= 11 is 5.45. The number of imidazole rings is 1. The third-order valence-corrected chi connectivity index (χ3v) is 6.85. The third-order valence-electron chi connectivity index (χ3n) is 6.67. The van der Waals surface area contributed by atoms with Crippen molar-refractivity contribution in [2.45, 2.75) is 13.1 Å². The van der Waals surface area contributed by atoms with Crippen molar-refractivity contribution in [2.75, 3.05) is 11.2 Å². The van der Waals surface area contributed by atoms with Crippen LogP contribution in [0.25, 0.3) is 27.7 Å². The number of carbonyl (C=O) groups is 2. The highest BCUT2D eigenvalue weighted by molar-refractivity contribution is 6.19. The number of nitrogens with one attached hydrogen (secondary N) is 1. The van der Waals surface area contributed by atoms with Crippen LogP contribution in [0.3, 0.4) is 0 Å². The van der Waals surface area contributed by atoms with Gasteiger partial charge in [-0.3, -0.25) is 9.59 Å². The van der Waals surface area contributed by atoms with Gasteiger partial charge in [-0.05, 0) is 55.0 Å². The molecule has 0 aliphatic carbocycles. The van der Waals surface area contributed by atoms with E-state index in [1.807, 2.05) is 0 Å². The molecule has 0 saturated carbocycles. The van der Waals surface area contributed by atoms with E-state index in [-0.39, 0.29) is 33.8 Å². The minimum Gasteiger partial charge on any atom is -0.331 e. The molecule has 12 heteroatoms. The Balaban J connectivity index is 1.59. The number of carbonyl (C=O) groups excluding carboxylic acids is 2. The van der Waals surface area contributed by atoms with Gasteiger partial charge in [-0.15, -0.1) is 11.6 Å². The Labute approximate surface area is 234 Å². The van der Waals surface area contributed by atoms with Crippen molar-refractivity contribution >= 4 is 45.5 Å². The summed E-state index contributed by atoms with van der Waals surface area (Å²) in [6.07, 6.45) is -0.936. The highest BCUT2D eigenvalue weighted by Gasteiger charge is 2.35. The zero-order valence-electron chi connectivity index (χ0n) is 21.5. The molecule has 6 nitrogen and oxygen atoms in total. The Kier molecular flexibility index (Phi) is 7.16. The Morgan fingerprint density at radius 2 is 1.73 bits per heavy atom. The molecule has 210 valence electrons. The van der Waals surface area contributed by atoms with Crippen LogP contribution < -0.4 is 5.32 Å². The maximum Gasteiger partial charge on any atom is 0.417 e. The first kappa shape index (κ1) is 28.0. The summed E-state index contributed by atoms with van der Waals surface area (Å²) in [5.41, 5.74) is -1.01. The first-order valence-corrected chi connectivity index (χ1v) is 12.7. The molecule has 3 aromatic heterocycles. The zero-order chi connectivity index (χ0) is 29.6. The molecule has 0 aliphatic rings.